The summed E-state index contributed by atoms with van der Waals surface area (Å²) in [6.07, 6.45) is 0.429. The van der Waals surface area contributed by atoms with Crippen LogP contribution in [0.3, 0.4) is 0 Å². The number of methoxy groups -OCH3 is 1. The van der Waals surface area contributed by atoms with Crippen LogP contribution in [0, 0.1) is 11.7 Å². The number of carbonyl (C=O) groups is 1. The molecule has 0 saturated heterocycles. The standard InChI is InChI=1S/C12H13FO2/c1-7-8(6-10(7)14)12-9(13)4-3-5-11(12)15-2/h3-5,7-8H,6H2,1-2H3. The van der Waals surface area contributed by atoms with E-state index >= 15 is 0 Å². The molecule has 0 aliphatic heterocycles. The molecule has 2 rings (SSSR count). The van der Waals surface area contributed by atoms with E-state index < -0.39 is 0 Å². The minimum absolute atomic E-state index is 0.0198. The lowest BCUT2D eigenvalue weighted by atomic mass is 9.69. The molecule has 3 heteroatoms. The lowest BCUT2D eigenvalue weighted by Gasteiger charge is -2.33. The molecule has 1 aromatic carbocycles. The van der Waals surface area contributed by atoms with Crippen molar-refractivity contribution in [1.29, 1.82) is 0 Å². The highest BCUT2D eigenvalue weighted by Gasteiger charge is 2.39. The Labute approximate surface area is 88.1 Å². The largest absolute Gasteiger partial charge is 0.496 e. The molecule has 0 amide bonds. The van der Waals surface area contributed by atoms with Crippen molar-refractivity contribution in [2.75, 3.05) is 7.11 Å². The lowest BCUT2D eigenvalue weighted by Crippen LogP contribution is -2.33. The molecule has 1 aromatic rings. The summed E-state index contributed by atoms with van der Waals surface area (Å²) in [6.45, 7) is 1.84. The second kappa shape index (κ2) is 3.65. The minimum Gasteiger partial charge on any atom is -0.496 e. The molecule has 2 unspecified atom stereocenters. The molecule has 0 spiro atoms. The van der Waals surface area contributed by atoms with Crippen LogP contribution in [0.1, 0.15) is 24.8 Å². The highest BCUT2D eigenvalue weighted by atomic mass is 19.1. The predicted molar refractivity (Wildman–Crippen MR) is 54.5 cm³/mol. The Morgan fingerprint density at radius 3 is 2.73 bits per heavy atom. The van der Waals surface area contributed by atoms with Crippen molar-refractivity contribution in [3.8, 4) is 5.75 Å². The number of benzene rings is 1. The first-order valence-corrected chi connectivity index (χ1v) is 5.00. The van der Waals surface area contributed by atoms with Gasteiger partial charge in [0.05, 0.1) is 7.11 Å². The van der Waals surface area contributed by atoms with Gasteiger partial charge in [0.1, 0.15) is 17.3 Å². The fourth-order valence-electron chi connectivity index (χ4n) is 2.05. The zero-order valence-corrected chi connectivity index (χ0v) is 8.79. The Morgan fingerprint density at radius 1 is 1.47 bits per heavy atom. The summed E-state index contributed by atoms with van der Waals surface area (Å²) in [5.74, 6) is 0.354. The highest BCUT2D eigenvalue weighted by Crippen LogP contribution is 2.43. The molecule has 1 saturated carbocycles. The number of hydrogen-bond donors (Lipinski definition) is 0. The van der Waals surface area contributed by atoms with Gasteiger partial charge in [-0.3, -0.25) is 4.79 Å². The zero-order chi connectivity index (χ0) is 11.0. The van der Waals surface area contributed by atoms with E-state index in [-0.39, 0.29) is 23.4 Å². The van der Waals surface area contributed by atoms with E-state index in [2.05, 4.69) is 0 Å². The third-order valence-electron chi connectivity index (χ3n) is 3.14. The summed E-state index contributed by atoms with van der Waals surface area (Å²) in [6, 6.07) is 4.75. The summed E-state index contributed by atoms with van der Waals surface area (Å²) in [5.41, 5.74) is 0.548. The van der Waals surface area contributed by atoms with E-state index in [0.29, 0.717) is 17.7 Å². The van der Waals surface area contributed by atoms with E-state index in [4.69, 9.17) is 4.74 Å². The Bertz CT molecular complexity index is 401. The molecule has 0 heterocycles. The third-order valence-corrected chi connectivity index (χ3v) is 3.14. The van der Waals surface area contributed by atoms with Crippen LogP contribution in [0.25, 0.3) is 0 Å². The van der Waals surface area contributed by atoms with Crippen molar-refractivity contribution in [2.45, 2.75) is 19.3 Å². The van der Waals surface area contributed by atoms with Gasteiger partial charge in [-0.1, -0.05) is 13.0 Å². The molecule has 1 aliphatic rings. The fourth-order valence-corrected chi connectivity index (χ4v) is 2.05. The Hall–Kier alpha value is -1.38. The van der Waals surface area contributed by atoms with E-state index in [0.717, 1.165) is 0 Å². The van der Waals surface area contributed by atoms with Crippen LogP contribution in [-0.4, -0.2) is 12.9 Å². The minimum atomic E-state index is -0.279. The van der Waals surface area contributed by atoms with Gasteiger partial charge in [-0.05, 0) is 12.1 Å². The quantitative estimate of drug-likeness (QED) is 0.746. The number of rotatable bonds is 2. The maximum atomic E-state index is 13.6. The van der Waals surface area contributed by atoms with Crippen LogP contribution in [0.2, 0.25) is 0 Å². The van der Waals surface area contributed by atoms with Gasteiger partial charge in [0.2, 0.25) is 0 Å². The van der Waals surface area contributed by atoms with E-state index in [1.807, 2.05) is 6.92 Å². The molecule has 15 heavy (non-hydrogen) atoms. The Kier molecular flexibility index (Phi) is 2.47. The van der Waals surface area contributed by atoms with Crippen molar-refractivity contribution < 1.29 is 13.9 Å². The molecule has 2 nitrogen and oxygen atoms in total. The number of halogens is 1. The molecule has 0 N–H and O–H groups in total. The number of hydrogen-bond acceptors (Lipinski definition) is 2. The van der Waals surface area contributed by atoms with Crippen molar-refractivity contribution in [2.24, 2.45) is 5.92 Å². The topological polar surface area (TPSA) is 26.3 Å². The van der Waals surface area contributed by atoms with Gasteiger partial charge in [0, 0.05) is 23.8 Å². The van der Waals surface area contributed by atoms with Gasteiger partial charge in [0.25, 0.3) is 0 Å². The smallest absolute Gasteiger partial charge is 0.136 e. The molecule has 0 aromatic heterocycles. The fraction of sp³-hybridized carbons (Fsp3) is 0.417. The molecule has 2 atom stereocenters. The molecule has 1 aliphatic carbocycles. The van der Waals surface area contributed by atoms with Crippen molar-refractivity contribution >= 4 is 5.78 Å². The second-order valence-corrected chi connectivity index (χ2v) is 3.92. The maximum Gasteiger partial charge on any atom is 0.136 e. The van der Waals surface area contributed by atoms with Gasteiger partial charge < -0.3 is 4.74 Å². The monoisotopic (exact) mass is 208 g/mol. The number of carbonyl (C=O) groups excluding carboxylic acids is 1. The maximum absolute atomic E-state index is 13.6. The predicted octanol–water partition coefficient (Wildman–Crippen LogP) is 2.53. The van der Waals surface area contributed by atoms with Crippen molar-refractivity contribution in [3.05, 3.63) is 29.6 Å². The van der Waals surface area contributed by atoms with Crippen LogP contribution in [0.15, 0.2) is 18.2 Å². The SMILES string of the molecule is COc1cccc(F)c1C1CC(=O)C1C. The van der Waals surface area contributed by atoms with Crippen LogP contribution in [-0.2, 0) is 4.79 Å². The van der Waals surface area contributed by atoms with Crippen molar-refractivity contribution in [3.63, 3.8) is 0 Å². The Morgan fingerprint density at radius 2 is 2.20 bits per heavy atom. The average Bonchev–Trinajstić information content (AvgIpc) is 2.25. The third kappa shape index (κ3) is 1.52. The average molecular weight is 208 g/mol. The summed E-state index contributed by atoms with van der Waals surface area (Å²) >= 11 is 0. The van der Waals surface area contributed by atoms with E-state index in [1.165, 1.54) is 13.2 Å². The first-order chi connectivity index (χ1) is 7.15. The van der Waals surface area contributed by atoms with Gasteiger partial charge in [-0.2, -0.15) is 0 Å². The van der Waals surface area contributed by atoms with Gasteiger partial charge >= 0.3 is 0 Å². The normalized spacial score (nSPS) is 24.9. The van der Waals surface area contributed by atoms with Gasteiger partial charge in [-0.25, -0.2) is 4.39 Å². The first-order valence-electron chi connectivity index (χ1n) is 5.00. The number of Topliss-reactive ketones (excluding diaryl/α,β-unsaturated/α-hetero) is 1. The van der Waals surface area contributed by atoms with Gasteiger partial charge in [0.15, 0.2) is 0 Å². The zero-order valence-electron chi connectivity index (χ0n) is 8.79. The van der Waals surface area contributed by atoms with E-state index in [1.54, 1.807) is 12.1 Å². The molecule has 1 fully saturated rings. The second-order valence-electron chi connectivity index (χ2n) is 3.92. The lowest BCUT2D eigenvalue weighted by molar-refractivity contribution is -0.130. The molecular weight excluding hydrogens is 195 g/mol. The number of ether oxygens (including phenoxy) is 1. The summed E-state index contributed by atoms with van der Waals surface area (Å²) in [4.78, 5) is 11.2. The molecule has 80 valence electrons. The van der Waals surface area contributed by atoms with Crippen LogP contribution < -0.4 is 4.74 Å². The van der Waals surface area contributed by atoms with Crippen LogP contribution in [0.4, 0.5) is 4.39 Å². The summed E-state index contributed by atoms with van der Waals surface area (Å²) in [7, 11) is 1.52. The molecule has 0 bridgehead atoms. The first kappa shape index (κ1) is 10.1. The van der Waals surface area contributed by atoms with Crippen molar-refractivity contribution in [1.82, 2.24) is 0 Å². The number of ketones is 1. The van der Waals surface area contributed by atoms with Crippen LogP contribution in [0.5, 0.6) is 5.75 Å². The van der Waals surface area contributed by atoms with Gasteiger partial charge in [-0.15, -0.1) is 0 Å². The summed E-state index contributed by atoms with van der Waals surface area (Å²) < 4.78 is 18.7. The van der Waals surface area contributed by atoms with Crippen LogP contribution >= 0.6 is 0 Å². The molecule has 0 radical (unpaired) electrons. The highest BCUT2D eigenvalue weighted by molar-refractivity contribution is 5.89. The Balaban J connectivity index is 2.39. The van der Waals surface area contributed by atoms with E-state index in [9.17, 15) is 9.18 Å². The summed E-state index contributed by atoms with van der Waals surface area (Å²) in [5, 5.41) is 0. The molecular formula is C12H13FO2.